The third-order valence-corrected chi connectivity index (χ3v) is 2.75. The van der Waals surface area contributed by atoms with Crippen molar-refractivity contribution in [3.05, 3.63) is 41.4 Å². The monoisotopic (exact) mass is 264 g/mol. The van der Waals surface area contributed by atoms with Crippen LogP contribution in [-0.4, -0.2) is 10.5 Å². The van der Waals surface area contributed by atoms with Gasteiger partial charge in [0.2, 0.25) is 0 Å². The summed E-state index contributed by atoms with van der Waals surface area (Å²) in [6, 6.07) is 7.59. The van der Waals surface area contributed by atoms with Crippen LogP contribution in [0.25, 0.3) is 11.3 Å². The van der Waals surface area contributed by atoms with E-state index in [-0.39, 0.29) is 5.54 Å². The molecule has 0 amide bonds. The zero-order valence-electron chi connectivity index (χ0n) is 10.8. The molecule has 0 aliphatic heterocycles. The van der Waals surface area contributed by atoms with Crippen molar-refractivity contribution < 1.29 is 4.42 Å². The van der Waals surface area contributed by atoms with E-state index in [0.29, 0.717) is 11.6 Å². The van der Waals surface area contributed by atoms with Gasteiger partial charge < -0.3 is 9.73 Å². The Balaban J connectivity index is 2.23. The van der Waals surface area contributed by atoms with Crippen molar-refractivity contribution in [3.8, 4) is 11.3 Å². The SMILES string of the molecule is CC(C)(C)NCc1ncoc1-c1cccc(Cl)c1. The van der Waals surface area contributed by atoms with Crippen molar-refractivity contribution in [2.75, 3.05) is 0 Å². The molecule has 0 radical (unpaired) electrons. The molecule has 96 valence electrons. The average molecular weight is 265 g/mol. The summed E-state index contributed by atoms with van der Waals surface area (Å²) >= 11 is 5.99. The molecule has 0 bridgehead atoms. The van der Waals surface area contributed by atoms with Crippen LogP contribution in [0.1, 0.15) is 26.5 Å². The zero-order valence-corrected chi connectivity index (χ0v) is 11.6. The first kappa shape index (κ1) is 13.1. The molecule has 18 heavy (non-hydrogen) atoms. The highest BCUT2D eigenvalue weighted by Gasteiger charge is 2.14. The van der Waals surface area contributed by atoms with E-state index in [1.165, 1.54) is 6.39 Å². The van der Waals surface area contributed by atoms with Crippen LogP contribution < -0.4 is 5.32 Å². The number of benzene rings is 1. The van der Waals surface area contributed by atoms with Crippen LogP contribution in [0.2, 0.25) is 5.02 Å². The molecule has 2 rings (SSSR count). The molecule has 0 fully saturated rings. The zero-order chi connectivity index (χ0) is 13.2. The molecule has 3 nitrogen and oxygen atoms in total. The van der Waals surface area contributed by atoms with Crippen LogP contribution in [0.5, 0.6) is 0 Å². The van der Waals surface area contributed by atoms with Crippen LogP contribution >= 0.6 is 11.6 Å². The number of nitrogens with zero attached hydrogens (tertiary/aromatic N) is 1. The maximum Gasteiger partial charge on any atom is 0.181 e. The van der Waals surface area contributed by atoms with Gasteiger partial charge in [-0.1, -0.05) is 23.7 Å². The molecule has 1 heterocycles. The minimum absolute atomic E-state index is 0.0462. The molecular weight excluding hydrogens is 248 g/mol. The number of nitrogens with one attached hydrogen (secondary N) is 1. The molecule has 1 aromatic heterocycles. The van der Waals surface area contributed by atoms with Gasteiger partial charge in [0.15, 0.2) is 12.2 Å². The molecule has 2 aromatic rings. The predicted molar refractivity (Wildman–Crippen MR) is 73.5 cm³/mol. The van der Waals surface area contributed by atoms with Crippen LogP contribution in [0.3, 0.4) is 0 Å². The average Bonchev–Trinajstić information content (AvgIpc) is 2.73. The maximum absolute atomic E-state index is 5.99. The van der Waals surface area contributed by atoms with E-state index in [0.717, 1.165) is 17.0 Å². The molecule has 0 atom stereocenters. The molecule has 0 saturated carbocycles. The summed E-state index contributed by atoms with van der Waals surface area (Å²) in [6.45, 7) is 7.02. The van der Waals surface area contributed by atoms with E-state index >= 15 is 0 Å². The third-order valence-electron chi connectivity index (χ3n) is 2.51. The fraction of sp³-hybridized carbons (Fsp3) is 0.357. The van der Waals surface area contributed by atoms with Crippen molar-refractivity contribution in [2.24, 2.45) is 0 Å². The fourth-order valence-corrected chi connectivity index (χ4v) is 1.80. The lowest BCUT2D eigenvalue weighted by atomic mass is 10.1. The van der Waals surface area contributed by atoms with Crippen LogP contribution in [0.15, 0.2) is 35.1 Å². The Morgan fingerprint density at radius 1 is 1.33 bits per heavy atom. The normalized spacial score (nSPS) is 11.8. The van der Waals surface area contributed by atoms with Crippen molar-refractivity contribution in [2.45, 2.75) is 32.9 Å². The van der Waals surface area contributed by atoms with Crippen molar-refractivity contribution in [1.29, 1.82) is 0 Å². The van der Waals surface area contributed by atoms with Gasteiger partial charge >= 0.3 is 0 Å². The highest BCUT2D eigenvalue weighted by atomic mass is 35.5. The summed E-state index contributed by atoms with van der Waals surface area (Å²) in [5.41, 5.74) is 1.89. The molecule has 0 spiro atoms. The van der Waals surface area contributed by atoms with Gasteiger partial charge in [-0.05, 0) is 32.9 Å². The van der Waals surface area contributed by atoms with Crippen LogP contribution in [0.4, 0.5) is 0 Å². The second-order valence-corrected chi connectivity index (χ2v) is 5.68. The fourth-order valence-electron chi connectivity index (χ4n) is 1.61. The van der Waals surface area contributed by atoms with Gasteiger partial charge in [0.05, 0.1) is 0 Å². The number of hydrogen-bond acceptors (Lipinski definition) is 3. The Morgan fingerprint density at radius 3 is 2.78 bits per heavy atom. The first-order valence-electron chi connectivity index (χ1n) is 5.89. The Bertz CT molecular complexity index is 529. The van der Waals surface area contributed by atoms with E-state index in [2.05, 4.69) is 31.1 Å². The second kappa shape index (κ2) is 5.12. The van der Waals surface area contributed by atoms with Crippen molar-refractivity contribution in [1.82, 2.24) is 10.3 Å². The molecule has 1 N–H and O–H groups in total. The van der Waals surface area contributed by atoms with Crippen LogP contribution in [-0.2, 0) is 6.54 Å². The Morgan fingerprint density at radius 2 is 2.11 bits per heavy atom. The summed E-state index contributed by atoms with van der Waals surface area (Å²) in [7, 11) is 0. The Labute approximate surface area is 112 Å². The molecular formula is C14H17ClN2O. The lowest BCUT2D eigenvalue weighted by molar-refractivity contribution is 0.421. The van der Waals surface area contributed by atoms with Crippen molar-refractivity contribution >= 4 is 11.6 Å². The minimum atomic E-state index is 0.0462. The van der Waals surface area contributed by atoms with Crippen molar-refractivity contribution in [3.63, 3.8) is 0 Å². The summed E-state index contributed by atoms with van der Waals surface area (Å²) in [5.74, 6) is 0.772. The van der Waals surface area contributed by atoms with E-state index in [9.17, 15) is 0 Å². The van der Waals surface area contributed by atoms with Gasteiger partial charge in [0.1, 0.15) is 5.69 Å². The van der Waals surface area contributed by atoms with Gasteiger partial charge in [-0.2, -0.15) is 0 Å². The molecule has 0 aliphatic carbocycles. The second-order valence-electron chi connectivity index (χ2n) is 5.24. The topological polar surface area (TPSA) is 38.1 Å². The first-order chi connectivity index (χ1) is 8.46. The Hall–Kier alpha value is -1.32. The number of hydrogen-bond donors (Lipinski definition) is 1. The molecule has 0 aliphatic rings. The predicted octanol–water partition coefficient (Wildman–Crippen LogP) is 3.88. The Kier molecular flexibility index (Phi) is 3.73. The number of aromatic nitrogens is 1. The largest absolute Gasteiger partial charge is 0.443 e. The summed E-state index contributed by atoms with van der Waals surface area (Å²) in [5, 5.41) is 4.09. The standard InChI is InChI=1S/C14H17ClN2O/c1-14(2,3)17-8-12-13(18-9-16-12)10-5-4-6-11(15)7-10/h4-7,9,17H,8H2,1-3H3. The van der Waals surface area contributed by atoms with Gasteiger partial charge in [-0.25, -0.2) is 4.98 Å². The highest BCUT2D eigenvalue weighted by Crippen LogP contribution is 2.25. The maximum atomic E-state index is 5.99. The lowest BCUT2D eigenvalue weighted by Crippen LogP contribution is -2.35. The number of halogens is 1. The molecule has 1 aromatic carbocycles. The number of rotatable bonds is 3. The van der Waals surface area contributed by atoms with E-state index in [4.69, 9.17) is 16.0 Å². The summed E-state index contributed by atoms with van der Waals surface area (Å²) < 4.78 is 5.46. The molecule has 0 unspecified atom stereocenters. The van der Waals surface area contributed by atoms with Gasteiger partial charge in [0.25, 0.3) is 0 Å². The number of oxazole rings is 1. The summed E-state index contributed by atoms with van der Waals surface area (Å²) in [4.78, 5) is 4.25. The van der Waals surface area contributed by atoms with E-state index in [1.807, 2.05) is 24.3 Å². The quantitative estimate of drug-likeness (QED) is 0.914. The third kappa shape index (κ3) is 3.34. The lowest BCUT2D eigenvalue weighted by Gasteiger charge is -2.19. The summed E-state index contributed by atoms with van der Waals surface area (Å²) in [6.07, 6.45) is 1.47. The highest BCUT2D eigenvalue weighted by molar-refractivity contribution is 6.30. The smallest absolute Gasteiger partial charge is 0.181 e. The first-order valence-corrected chi connectivity index (χ1v) is 6.27. The van der Waals surface area contributed by atoms with Gasteiger partial charge in [-0.15, -0.1) is 0 Å². The van der Waals surface area contributed by atoms with E-state index < -0.39 is 0 Å². The van der Waals surface area contributed by atoms with E-state index in [1.54, 1.807) is 0 Å². The van der Waals surface area contributed by atoms with Gasteiger partial charge in [-0.3, -0.25) is 0 Å². The van der Waals surface area contributed by atoms with Gasteiger partial charge in [0, 0.05) is 22.7 Å². The minimum Gasteiger partial charge on any atom is -0.443 e. The van der Waals surface area contributed by atoms with Crippen LogP contribution in [0, 0.1) is 0 Å². The molecule has 0 saturated heterocycles. The molecule has 4 heteroatoms.